The summed E-state index contributed by atoms with van der Waals surface area (Å²) in [5, 5.41) is 14.9. The number of hydrogen-bond donors (Lipinski definition) is 2. The summed E-state index contributed by atoms with van der Waals surface area (Å²) in [5.41, 5.74) is 2.23. The highest BCUT2D eigenvalue weighted by Gasteiger charge is 2.41. The van der Waals surface area contributed by atoms with Gasteiger partial charge in [0.25, 0.3) is 10.0 Å². The van der Waals surface area contributed by atoms with Gasteiger partial charge >= 0.3 is 0 Å². The molecule has 4 rings (SSSR count). The zero-order valence-corrected chi connectivity index (χ0v) is 20.7. The van der Waals surface area contributed by atoms with Gasteiger partial charge in [0.2, 0.25) is 5.91 Å². The maximum absolute atomic E-state index is 12.7. The zero-order valence-electron chi connectivity index (χ0n) is 19.9. The van der Waals surface area contributed by atoms with Crippen LogP contribution >= 0.6 is 0 Å². The van der Waals surface area contributed by atoms with Crippen LogP contribution in [-0.2, 0) is 14.8 Å². The number of hydrogen-bond acceptors (Lipinski definition) is 6. The van der Waals surface area contributed by atoms with Gasteiger partial charge in [-0.1, -0.05) is 0 Å². The number of carbonyl (C=O) groups is 1. The van der Waals surface area contributed by atoms with E-state index in [0.29, 0.717) is 23.1 Å². The highest BCUT2D eigenvalue weighted by atomic mass is 32.2. The lowest BCUT2D eigenvalue weighted by Crippen LogP contribution is -2.43. The van der Waals surface area contributed by atoms with Crippen molar-refractivity contribution in [1.29, 1.82) is 5.26 Å². The summed E-state index contributed by atoms with van der Waals surface area (Å²) in [4.78, 5) is 13.8. The molecule has 8 nitrogen and oxygen atoms in total. The standard InChI is InChI=1S/C26H31N5O3S/c1-19(32)30-24-9-11-25(12-10-24)35(33,34)29-16-26-21-5-6-22(26)18-31(17-21)14-2-13-28-23-7-3-20(15-27)4-8-23/h3-4,7-12,16,21-22,26,28H,2,5-6,13-14,17-18H2,1H3,(H,30,32). The van der Waals surface area contributed by atoms with Crippen LogP contribution in [0.5, 0.6) is 0 Å². The number of likely N-dealkylation sites (tertiary alicyclic amines) is 1. The van der Waals surface area contributed by atoms with Gasteiger partial charge in [0.15, 0.2) is 0 Å². The second-order valence-electron chi connectivity index (χ2n) is 9.34. The van der Waals surface area contributed by atoms with Gasteiger partial charge in [0, 0.05) is 50.1 Å². The van der Waals surface area contributed by atoms with Crippen molar-refractivity contribution in [2.75, 3.05) is 36.8 Å². The molecule has 9 heteroatoms. The number of nitrogens with one attached hydrogen (secondary N) is 2. The first-order valence-electron chi connectivity index (χ1n) is 12.0. The molecule has 2 aliphatic rings. The fraction of sp³-hybridized carbons (Fsp3) is 0.423. The Hall–Kier alpha value is -3.22. The molecule has 0 aromatic heterocycles. The predicted octanol–water partition coefficient (Wildman–Crippen LogP) is 3.74. The van der Waals surface area contributed by atoms with E-state index in [4.69, 9.17) is 5.26 Å². The van der Waals surface area contributed by atoms with Gasteiger partial charge < -0.3 is 15.5 Å². The fourth-order valence-electron chi connectivity index (χ4n) is 5.11. The molecule has 35 heavy (non-hydrogen) atoms. The first kappa shape index (κ1) is 24.9. The van der Waals surface area contributed by atoms with Crippen LogP contribution in [0.2, 0.25) is 0 Å². The van der Waals surface area contributed by atoms with Crippen LogP contribution < -0.4 is 10.6 Å². The number of fused-ring (bicyclic) bond motifs is 2. The molecule has 2 atom stereocenters. The molecule has 2 aromatic carbocycles. The normalized spacial score (nSPS) is 22.1. The van der Waals surface area contributed by atoms with E-state index in [2.05, 4.69) is 26.0 Å². The number of anilines is 2. The van der Waals surface area contributed by atoms with Crippen molar-refractivity contribution in [1.82, 2.24) is 4.90 Å². The Balaban J connectivity index is 1.26. The van der Waals surface area contributed by atoms with Crippen molar-refractivity contribution in [3.8, 4) is 6.07 Å². The summed E-state index contributed by atoms with van der Waals surface area (Å²) in [6.45, 7) is 5.20. The van der Waals surface area contributed by atoms with E-state index in [0.717, 1.165) is 51.1 Å². The molecule has 1 aliphatic heterocycles. The minimum absolute atomic E-state index is 0.127. The van der Waals surface area contributed by atoms with E-state index >= 15 is 0 Å². The summed E-state index contributed by atoms with van der Waals surface area (Å²) in [7, 11) is -3.77. The van der Waals surface area contributed by atoms with Crippen LogP contribution in [0.25, 0.3) is 0 Å². The summed E-state index contributed by atoms with van der Waals surface area (Å²) in [6.07, 6.45) is 4.89. The molecule has 1 saturated heterocycles. The fourth-order valence-corrected chi connectivity index (χ4v) is 6.01. The van der Waals surface area contributed by atoms with Crippen molar-refractivity contribution in [3.05, 3.63) is 54.1 Å². The molecule has 0 radical (unpaired) electrons. The van der Waals surface area contributed by atoms with E-state index in [1.54, 1.807) is 18.3 Å². The second-order valence-corrected chi connectivity index (χ2v) is 11.0. The Morgan fingerprint density at radius 2 is 1.71 bits per heavy atom. The second kappa shape index (κ2) is 11.0. The molecule has 1 saturated carbocycles. The number of carbonyl (C=O) groups excluding carboxylic acids is 1. The van der Waals surface area contributed by atoms with Gasteiger partial charge in [-0.05, 0) is 86.2 Å². The number of sulfonamides is 1. The quantitative estimate of drug-likeness (QED) is 0.406. The van der Waals surface area contributed by atoms with E-state index in [1.807, 2.05) is 24.3 Å². The summed E-state index contributed by atoms with van der Waals surface area (Å²) in [5.74, 6) is 0.849. The third-order valence-corrected chi connectivity index (χ3v) is 8.09. The van der Waals surface area contributed by atoms with Gasteiger partial charge in [-0.3, -0.25) is 4.79 Å². The Morgan fingerprint density at radius 1 is 1.09 bits per heavy atom. The lowest BCUT2D eigenvalue weighted by Gasteiger charge is -2.36. The molecular formula is C26H31N5O3S. The van der Waals surface area contributed by atoms with Gasteiger partial charge in [0.05, 0.1) is 16.5 Å². The Labute approximate surface area is 207 Å². The number of nitrogens with zero attached hydrogens (tertiary/aromatic N) is 3. The lowest BCUT2D eigenvalue weighted by atomic mass is 9.86. The molecular weight excluding hydrogens is 462 g/mol. The number of rotatable bonds is 9. The molecule has 1 amide bonds. The third kappa shape index (κ3) is 6.47. The van der Waals surface area contributed by atoms with Crippen LogP contribution in [0.1, 0.15) is 31.7 Å². The maximum atomic E-state index is 12.7. The van der Waals surface area contributed by atoms with Crippen molar-refractivity contribution in [2.24, 2.45) is 22.2 Å². The summed E-state index contributed by atoms with van der Waals surface area (Å²) >= 11 is 0. The van der Waals surface area contributed by atoms with Crippen molar-refractivity contribution in [2.45, 2.75) is 31.1 Å². The highest BCUT2D eigenvalue weighted by Crippen LogP contribution is 2.41. The molecule has 1 aliphatic carbocycles. The average molecular weight is 494 g/mol. The van der Waals surface area contributed by atoms with Crippen LogP contribution in [0.15, 0.2) is 57.8 Å². The Bertz CT molecular complexity index is 1190. The van der Waals surface area contributed by atoms with Gasteiger partial charge in [0.1, 0.15) is 0 Å². The average Bonchev–Trinajstić information content (AvgIpc) is 3.08. The smallest absolute Gasteiger partial charge is 0.281 e. The number of piperidine rings is 1. The SMILES string of the molecule is CC(=O)Nc1ccc(S(=O)(=O)N=CC2C3CCC2CN(CCCNc2ccc(C#N)cc2)C3)cc1. The molecule has 2 fully saturated rings. The monoisotopic (exact) mass is 493 g/mol. The van der Waals surface area contributed by atoms with Crippen LogP contribution in [-0.4, -0.2) is 51.6 Å². The molecule has 1 heterocycles. The molecule has 0 spiro atoms. The number of nitriles is 1. The minimum Gasteiger partial charge on any atom is -0.385 e. The number of benzene rings is 2. The topological polar surface area (TPSA) is 115 Å². The van der Waals surface area contributed by atoms with Gasteiger partial charge in [-0.25, -0.2) is 0 Å². The van der Waals surface area contributed by atoms with E-state index in [-0.39, 0.29) is 16.7 Å². The Morgan fingerprint density at radius 3 is 2.31 bits per heavy atom. The largest absolute Gasteiger partial charge is 0.385 e. The summed E-state index contributed by atoms with van der Waals surface area (Å²) in [6, 6.07) is 15.7. The highest BCUT2D eigenvalue weighted by molar-refractivity contribution is 7.90. The molecule has 184 valence electrons. The molecule has 2 N–H and O–H groups in total. The molecule has 2 bridgehead atoms. The molecule has 2 unspecified atom stereocenters. The van der Waals surface area contributed by atoms with E-state index in [9.17, 15) is 13.2 Å². The first-order chi connectivity index (χ1) is 16.8. The predicted molar refractivity (Wildman–Crippen MR) is 137 cm³/mol. The van der Waals surface area contributed by atoms with Crippen molar-refractivity contribution >= 4 is 33.5 Å². The van der Waals surface area contributed by atoms with Gasteiger partial charge in [-0.15, -0.1) is 0 Å². The maximum Gasteiger partial charge on any atom is 0.281 e. The third-order valence-electron chi connectivity index (χ3n) is 6.82. The van der Waals surface area contributed by atoms with Crippen molar-refractivity contribution in [3.63, 3.8) is 0 Å². The summed E-state index contributed by atoms with van der Waals surface area (Å²) < 4.78 is 29.5. The zero-order chi connectivity index (χ0) is 24.8. The first-order valence-corrected chi connectivity index (χ1v) is 13.4. The van der Waals surface area contributed by atoms with Gasteiger partial charge in [-0.2, -0.15) is 18.1 Å². The molecule has 2 aromatic rings. The van der Waals surface area contributed by atoms with E-state index < -0.39 is 10.0 Å². The lowest BCUT2D eigenvalue weighted by molar-refractivity contribution is -0.114. The minimum atomic E-state index is -3.77. The number of amides is 1. The Kier molecular flexibility index (Phi) is 7.83. The van der Waals surface area contributed by atoms with Crippen LogP contribution in [0.4, 0.5) is 11.4 Å². The van der Waals surface area contributed by atoms with E-state index in [1.165, 1.54) is 19.1 Å². The van der Waals surface area contributed by atoms with Crippen LogP contribution in [0.3, 0.4) is 0 Å². The van der Waals surface area contributed by atoms with Crippen molar-refractivity contribution < 1.29 is 13.2 Å². The van der Waals surface area contributed by atoms with Crippen LogP contribution in [0, 0.1) is 29.1 Å².